The fourth-order valence-electron chi connectivity index (χ4n) is 2.38. The summed E-state index contributed by atoms with van der Waals surface area (Å²) in [7, 11) is 1.63. The summed E-state index contributed by atoms with van der Waals surface area (Å²) in [6.45, 7) is -0.527. The molecule has 5 N–H and O–H groups in total. The van der Waals surface area contributed by atoms with Crippen molar-refractivity contribution in [1.29, 1.82) is 0 Å². The van der Waals surface area contributed by atoms with Crippen LogP contribution in [0.2, 0.25) is 5.02 Å². The predicted octanol–water partition coefficient (Wildman–Crippen LogP) is -0.253. The predicted molar refractivity (Wildman–Crippen MR) is 94.6 cm³/mol. The summed E-state index contributed by atoms with van der Waals surface area (Å²) in [4.78, 5) is 23.7. The number of hydrogen-bond donors (Lipinski definition) is 5. The Labute approximate surface area is 154 Å². The van der Waals surface area contributed by atoms with Crippen LogP contribution in [0.3, 0.4) is 0 Å². The van der Waals surface area contributed by atoms with E-state index in [4.69, 9.17) is 26.6 Å². The van der Waals surface area contributed by atoms with Crippen molar-refractivity contribution in [3.63, 3.8) is 0 Å². The molecule has 2 amide bonds. The van der Waals surface area contributed by atoms with Gasteiger partial charge in [-0.25, -0.2) is 0 Å². The average molecular weight is 386 g/mol. The highest BCUT2D eigenvalue weighted by molar-refractivity contribution is 6.34. The number of halogens is 1. The number of carbonyl (C=O) groups is 2. The summed E-state index contributed by atoms with van der Waals surface area (Å²) in [5.74, 6) is -1.06. The minimum Gasteiger partial charge on any atom is -0.506 e. The average Bonchev–Trinajstić information content (AvgIpc) is 2.96. The van der Waals surface area contributed by atoms with Crippen LogP contribution < -0.4 is 15.4 Å². The largest absolute Gasteiger partial charge is 0.506 e. The number of hydrogen-bond acceptors (Lipinski definition) is 6. The lowest BCUT2D eigenvalue weighted by molar-refractivity contribution is -0.123. The van der Waals surface area contributed by atoms with Crippen LogP contribution in [-0.2, 0) is 11.8 Å². The van der Waals surface area contributed by atoms with Crippen LogP contribution in [0.1, 0.15) is 10.5 Å². The van der Waals surface area contributed by atoms with Crippen LogP contribution in [0, 0.1) is 0 Å². The molecule has 0 bridgehead atoms. The van der Waals surface area contributed by atoms with Crippen molar-refractivity contribution in [2.75, 3.05) is 32.9 Å². The minimum absolute atomic E-state index is 0.0827. The molecule has 0 fully saturated rings. The highest BCUT2D eigenvalue weighted by Crippen LogP contribution is 2.41. The molecule has 0 radical (unpaired) electrons. The van der Waals surface area contributed by atoms with Gasteiger partial charge < -0.3 is 35.3 Å². The van der Waals surface area contributed by atoms with Gasteiger partial charge in [0.15, 0.2) is 6.61 Å². The number of aromatic hydroxyl groups is 1. The van der Waals surface area contributed by atoms with E-state index in [1.54, 1.807) is 7.05 Å². The van der Waals surface area contributed by atoms with Crippen molar-refractivity contribution >= 4 is 34.3 Å². The summed E-state index contributed by atoms with van der Waals surface area (Å²) in [6.07, 6.45) is 0. The van der Waals surface area contributed by atoms with E-state index in [1.807, 2.05) is 0 Å². The number of fused-ring (bicyclic) bond motifs is 1. The maximum absolute atomic E-state index is 12.1. The first-order valence-electron chi connectivity index (χ1n) is 7.81. The van der Waals surface area contributed by atoms with Gasteiger partial charge in [0.1, 0.15) is 22.2 Å². The number of aromatic nitrogens is 1. The summed E-state index contributed by atoms with van der Waals surface area (Å²) in [5.41, 5.74) is 0.740. The van der Waals surface area contributed by atoms with Crippen LogP contribution in [0.5, 0.6) is 11.5 Å². The molecule has 2 rings (SSSR count). The fourth-order valence-corrected chi connectivity index (χ4v) is 2.59. The minimum atomic E-state index is -0.453. The lowest BCUT2D eigenvalue weighted by Gasteiger charge is -2.11. The number of benzene rings is 1. The Kier molecular flexibility index (Phi) is 6.67. The van der Waals surface area contributed by atoms with Crippen molar-refractivity contribution < 1.29 is 29.6 Å². The van der Waals surface area contributed by atoms with Gasteiger partial charge in [0.25, 0.3) is 11.8 Å². The molecule has 0 spiro atoms. The monoisotopic (exact) mass is 385 g/mol. The lowest BCUT2D eigenvalue weighted by atomic mass is 10.2. The molecule has 0 saturated heterocycles. The summed E-state index contributed by atoms with van der Waals surface area (Å²) >= 11 is 6.10. The number of carbonyl (C=O) groups excluding carboxylic acids is 2. The summed E-state index contributed by atoms with van der Waals surface area (Å²) < 4.78 is 6.88. The van der Waals surface area contributed by atoms with Gasteiger partial charge >= 0.3 is 0 Å². The standard InChI is InChI=1S/C16H20ClN3O6/c1-20-10-7-12(26-8-13(23)18-2-4-21)14(17)15(24)9(10)6-11(20)16(25)19-3-5-22/h6-7,21-22,24H,2-5,8H2,1H3,(H,18,23)(H,19,25). The summed E-state index contributed by atoms with van der Waals surface area (Å²) in [6, 6.07) is 2.99. The fraction of sp³-hybridized carbons (Fsp3) is 0.375. The van der Waals surface area contributed by atoms with Gasteiger partial charge in [-0.3, -0.25) is 9.59 Å². The molecule has 2 aromatic rings. The van der Waals surface area contributed by atoms with Crippen LogP contribution in [0.4, 0.5) is 0 Å². The Morgan fingerprint density at radius 3 is 2.50 bits per heavy atom. The van der Waals surface area contributed by atoms with E-state index in [0.717, 1.165) is 0 Å². The Morgan fingerprint density at radius 1 is 1.19 bits per heavy atom. The van der Waals surface area contributed by atoms with Gasteiger partial charge in [-0.15, -0.1) is 0 Å². The Balaban J connectivity index is 2.31. The van der Waals surface area contributed by atoms with Crippen molar-refractivity contribution in [3.8, 4) is 11.5 Å². The van der Waals surface area contributed by atoms with Crippen LogP contribution in [-0.4, -0.2) is 64.6 Å². The van der Waals surface area contributed by atoms with Crippen LogP contribution in [0.15, 0.2) is 12.1 Å². The first-order chi connectivity index (χ1) is 12.4. The molecule has 9 nitrogen and oxygen atoms in total. The number of aliphatic hydroxyl groups is 2. The molecule has 1 heterocycles. The topological polar surface area (TPSA) is 133 Å². The Hall–Kier alpha value is -2.49. The van der Waals surface area contributed by atoms with Crippen molar-refractivity contribution in [1.82, 2.24) is 15.2 Å². The molecule has 142 valence electrons. The summed E-state index contributed by atoms with van der Waals surface area (Å²) in [5, 5.41) is 33.0. The molecular formula is C16H20ClN3O6. The van der Waals surface area contributed by atoms with E-state index in [1.165, 1.54) is 16.7 Å². The van der Waals surface area contributed by atoms with E-state index >= 15 is 0 Å². The number of phenolic OH excluding ortho intramolecular Hbond substituents is 1. The second kappa shape index (κ2) is 8.75. The van der Waals surface area contributed by atoms with Gasteiger partial charge in [0.2, 0.25) is 0 Å². The number of rotatable bonds is 8. The Morgan fingerprint density at radius 2 is 1.85 bits per heavy atom. The van der Waals surface area contributed by atoms with Crippen LogP contribution in [0.25, 0.3) is 10.9 Å². The van der Waals surface area contributed by atoms with Gasteiger partial charge in [-0.05, 0) is 6.07 Å². The number of ether oxygens (including phenoxy) is 1. The zero-order valence-corrected chi connectivity index (χ0v) is 14.8. The molecule has 0 atom stereocenters. The van der Waals surface area contributed by atoms with Crippen LogP contribution >= 0.6 is 11.6 Å². The molecule has 0 aliphatic rings. The highest BCUT2D eigenvalue weighted by atomic mass is 35.5. The number of amides is 2. The van der Waals surface area contributed by atoms with Crippen molar-refractivity contribution in [3.05, 3.63) is 22.8 Å². The van der Waals surface area contributed by atoms with E-state index in [-0.39, 0.29) is 55.1 Å². The van der Waals surface area contributed by atoms with E-state index in [0.29, 0.717) is 10.9 Å². The number of aryl methyl sites for hydroxylation is 1. The molecule has 0 unspecified atom stereocenters. The van der Waals surface area contributed by atoms with E-state index in [2.05, 4.69) is 10.6 Å². The van der Waals surface area contributed by atoms with Gasteiger partial charge in [0, 0.05) is 31.6 Å². The second-order valence-corrected chi connectivity index (χ2v) is 5.78. The maximum atomic E-state index is 12.1. The quantitative estimate of drug-likeness (QED) is 0.425. The maximum Gasteiger partial charge on any atom is 0.268 e. The molecule has 1 aromatic carbocycles. The lowest BCUT2D eigenvalue weighted by Crippen LogP contribution is -2.31. The zero-order valence-electron chi connectivity index (χ0n) is 14.1. The number of phenols is 1. The normalized spacial score (nSPS) is 10.8. The first kappa shape index (κ1) is 19.8. The number of aliphatic hydroxyl groups excluding tert-OH is 2. The van der Waals surface area contributed by atoms with Crippen molar-refractivity contribution in [2.45, 2.75) is 0 Å². The third kappa shape index (κ3) is 4.18. The van der Waals surface area contributed by atoms with E-state index < -0.39 is 11.8 Å². The molecule has 0 aliphatic heterocycles. The molecule has 0 aliphatic carbocycles. The third-order valence-corrected chi connectivity index (χ3v) is 4.01. The molecule has 1 aromatic heterocycles. The highest BCUT2D eigenvalue weighted by Gasteiger charge is 2.20. The SMILES string of the molecule is Cn1c(C(=O)NCCO)cc2c(O)c(Cl)c(OCC(=O)NCCO)cc21. The molecule has 0 saturated carbocycles. The first-order valence-corrected chi connectivity index (χ1v) is 8.18. The van der Waals surface area contributed by atoms with Gasteiger partial charge in [-0.1, -0.05) is 11.6 Å². The van der Waals surface area contributed by atoms with Gasteiger partial charge in [-0.2, -0.15) is 0 Å². The second-order valence-electron chi connectivity index (χ2n) is 5.40. The smallest absolute Gasteiger partial charge is 0.268 e. The van der Waals surface area contributed by atoms with Gasteiger partial charge in [0.05, 0.1) is 18.7 Å². The molecular weight excluding hydrogens is 366 g/mol. The zero-order chi connectivity index (χ0) is 19.3. The van der Waals surface area contributed by atoms with Crippen molar-refractivity contribution in [2.24, 2.45) is 7.05 Å². The third-order valence-electron chi connectivity index (χ3n) is 3.65. The Bertz CT molecular complexity index is 820. The number of nitrogens with zero attached hydrogens (tertiary/aromatic N) is 1. The van der Waals surface area contributed by atoms with E-state index in [9.17, 15) is 14.7 Å². The molecule has 10 heteroatoms. The molecule has 26 heavy (non-hydrogen) atoms. The number of nitrogens with one attached hydrogen (secondary N) is 2.